The number of carbonyl (C=O) groups is 2. The number of sulfone groups is 1. The maximum atomic E-state index is 12.8. The Balaban J connectivity index is 1.62. The third-order valence-electron chi connectivity index (χ3n) is 5.67. The molecule has 0 aromatic heterocycles. The average Bonchev–Trinajstić information content (AvgIpc) is 3.15. The van der Waals surface area contributed by atoms with Crippen LogP contribution in [0.1, 0.15) is 29.6 Å². The zero-order valence-corrected chi connectivity index (χ0v) is 16.5. The number of amides is 2. The van der Waals surface area contributed by atoms with Crippen LogP contribution >= 0.6 is 0 Å². The Kier molecular flexibility index (Phi) is 5.86. The van der Waals surface area contributed by atoms with Crippen molar-refractivity contribution < 1.29 is 18.0 Å². The molecule has 7 nitrogen and oxygen atoms in total. The van der Waals surface area contributed by atoms with Crippen LogP contribution in [-0.4, -0.2) is 69.0 Å². The van der Waals surface area contributed by atoms with E-state index in [1.165, 1.54) is 12.1 Å². The number of carbonyl (C=O) groups excluding carboxylic acids is 2. The normalized spacial score (nSPS) is 23.5. The predicted octanol–water partition coefficient (Wildman–Crippen LogP) is 0.750. The first-order valence-electron chi connectivity index (χ1n) is 9.39. The van der Waals surface area contributed by atoms with Crippen molar-refractivity contribution in [1.29, 1.82) is 0 Å². The van der Waals surface area contributed by atoms with Gasteiger partial charge in [-0.05, 0) is 43.5 Å². The molecule has 8 heteroatoms. The van der Waals surface area contributed by atoms with Crippen molar-refractivity contribution in [3.63, 3.8) is 0 Å². The third kappa shape index (κ3) is 4.32. The lowest BCUT2D eigenvalue weighted by Gasteiger charge is -2.36. The van der Waals surface area contributed by atoms with E-state index in [4.69, 9.17) is 5.73 Å². The quantitative estimate of drug-likeness (QED) is 0.813. The second-order valence-electron chi connectivity index (χ2n) is 7.45. The molecule has 0 spiro atoms. The minimum atomic E-state index is -3.36. The van der Waals surface area contributed by atoms with Gasteiger partial charge in [-0.25, -0.2) is 8.42 Å². The number of nitrogens with two attached hydrogens (primary N) is 1. The maximum absolute atomic E-state index is 12.8. The molecule has 3 rings (SSSR count). The molecule has 2 atom stereocenters. The second kappa shape index (κ2) is 7.98. The Hall–Kier alpha value is -1.93. The van der Waals surface area contributed by atoms with Crippen LogP contribution < -0.4 is 5.73 Å². The van der Waals surface area contributed by atoms with Gasteiger partial charge in [-0.1, -0.05) is 12.5 Å². The summed E-state index contributed by atoms with van der Waals surface area (Å²) in [4.78, 5) is 29.2. The fraction of sp³-hybridized carbons (Fsp3) is 0.579. The summed E-state index contributed by atoms with van der Waals surface area (Å²) in [6.45, 7) is 2.46. The van der Waals surface area contributed by atoms with Gasteiger partial charge in [-0.3, -0.25) is 9.59 Å². The van der Waals surface area contributed by atoms with Gasteiger partial charge in [-0.2, -0.15) is 0 Å². The van der Waals surface area contributed by atoms with E-state index in [0.717, 1.165) is 25.5 Å². The third-order valence-corrected chi connectivity index (χ3v) is 6.78. The molecule has 2 aliphatic rings. The van der Waals surface area contributed by atoms with Crippen molar-refractivity contribution in [2.24, 2.45) is 17.6 Å². The van der Waals surface area contributed by atoms with Crippen LogP contribution in [0.15, 0.2) is 29.2 Å². The minimum Gasteiger partial charge on any atom is -0.339 e. The first-order chi connectivity index (χ1) is 12.8. The number of hydrogen-bond acceptors (Lipinski definition) is 5. The highest BCUT2D eigenvalue weighted by Crippen LogP contribution is 2.32. The van der Waals surface area contributed by atoms with Gasteiger partial charge < -0.3 is 15.5 Å². The Labute approximate surface area is 160 Å². The topological polar surface area (TPSA) is 101 Å². The fourth-order valence-electron chi connectivity index (χ4n) is 4.05. The van der Waals surface area contributed by atoms with Crippen molar-refractivity contribution >= 4 is 21.7 Å². The molecule has 1 aliphatic heterocycles. The van der Waals surface area contributed by atoms with Crippen LogP contribution in [0.4, 0.5) is 0 Å². The summed E-state index contributed by atoms with van der Waals surface area (Å²) in [5.74, 6) is 0.252. The van der Waals surface area contributed by atoms with E-state index in [0.29, 0.717) is 38.3 Å². The van der Waals surface area contributed by atoms with Crippen LogP contribution in [0, 0.1) is 11.8 Å². The van der Waals surface area contributed by atoms with Crippen LogP contribution in [0.5, 0.6) is 0 Å². The van der Waals surface area contributed by atoms with E-state index in [-0.39, 0.29) is 28.5 Å². The van der Waals surface area contributed by atoms with Crippen molar-refractivity contribution in [3.8, 4) is 0 Å². The lowest BCUT2D eigenvalue weighted by Crippen LogP contribution is -2.52. The van der Waals surface area contributed by atoms with Gasteiger partial charge in [0, 0.05) is 43.9 Å². The second-order valence-corrected chi connectivity index (χ2v) is 9.47. The SMILES string of the molecule is CS(=O)(=O)c1cccc(C(=O)N2CCN(C(=O)[C@@H]3CCC[C@@H]3CN)CC2)c1. The Morgan fingerprint density at radius 3 is 2.41 bits per heavy atom. The molecule has 27 heavy (non-hydrogen) atoms. The first-order valence-corrected chi connectivity index (χ1v) is 11.3. The van der Waals surface area contributed by atoms with E-state index in [9.17, 15) is 18.0 Å². The number of benzene rings is 1. The highest BCUT2D eigenvalue weighted by atomic mass is 32.2. The van der Waals surface area contributed by atoms with Crippen LogP contribution in [0.3, 0.4) is 0 Å². The summed E-state index contributed by atoms with van der Waals surface area (Å²) >= 11 is 0. The molecule has 0 unspecified atom stereocenters. The highest BCUT2D eigenvalue weighted by molar-refractivity contribution is 7.90. The molecule has 1 aromatic carbocycles. The molecular formula is C19H27N3O4S. The van der Waals surface area contributed by atoms with E-state index in [1.807, 2.05) is 4.90 Å². The zero-order chi connectivity index (χ0) is 19.6. The summed E-state index contributed by atoms with van der Waals surface area (Å²) in [6, 6.07) is 6.10. The lowest BCUT2D eigenvalue weighted by atomic mass is 9.94. The molecule has 0 radical (unpaired) electrons. The van der Waals surface area contributed by atoms with Gasteiger partial charge in [0.1, 0.15) is 0 Å². The highest BCUT2D eigenvalue weighted by Gasteiger charge is 2.36. The van der Waals surface area contributed by atoms with Crippen molar-refractivity contribution in [1.82, 2.24) is 9.80 Å². The van der Waals surface area contributed by atoms with Gasteiger partial charge in [0.15, 0.2) is 9.84 Å². The summed E-state index contributed by atoms with van der Waals surface area (Å²) in [7, 11) is -3.36. The van der Waals surface area contributed by atoms with Gasteiger partial charge in [0.05, 0.1) is 4.90 Å². The van der Waals surface area contributed by atoms with Gasteiger partial charge in [0.25, 0.3) is 5.91 Å². The van der Waals surface area contributed by atoms with E-state index < -0.39 is 9.84 Å². The minimum absolute atomic E-state index is 0.0173. The monoisotopic (exact) mass is 393 g/mol. The Morgan fingerprint density at radius 1 is 1.11 bits per heavy atom. The smallest absolute Gasteiger partial charge is 0.254 e. The molecule has 2 amide bonds. The summed E-state index contributed by atoms with van der Waals surface area (Å²) in [5.41, 5.74) is 6.15. The van der Waals surface area contributed by atoms with Crippen LogP contribution in [0.25, 0.3) is 0 Å². The van der Waals surface area contributed by atoms with Gasteiger partial charge in [0.2, 0.25) is 5.91 Å². The van der Waals surface area contributed by atoms with Crippen molar-refractivity contribution in [2.45, 2.75) is 24.2 Å². The Bertz CT molecular complexity index is 816. The van der Waals surface area contributed by atoms with Crippen LogP contribution in [-0.2, 0) is 14.6 Å². The maximum Gasteiger partial charge on any atom is 0.254 e. The molecular weight excluding hydrogens is 366 g/mol. The number of hydrogen-bond donors (Lipinski definition) is 1. The van der Waals surface area contributed by atoms with E-state index in [2.05, 4.69) is 0 Å². The molecule has 1 saturated heterocycles. The van der Waals surface area contributed by atoms with Crippen molar-refractivity contribution in [2.75, 3.05) is 39.0 Å². The summed E-state index contributed by atoms with van der Waals surface area (Å²) < 4.78 is 23.4. The van der Waals surface area contributed by atoms with Gasteiger partial charge in [-0.15, -0.1) is 0 Å². The molecule has 148 valence electrons. The van der Waals surface area contributed by atoms with E-state index in [1.54, 1.807) is 17.0 Å². The molecule has 1 aliphatic carbocycles. The first kappa shape index (κ1) is 19.8. The average molecular weight is 394 g/mol. The standard InChI is InChI=1S/C19H27N3O4S/c1-27(25,26)16-6-2-4-14(12-16)18(23)21-8-10-22(11-9-21)19(24)17-7-3-5-15(17)13-20/h2,4,6,12,15,17H,3,5,7-11,13,20H2,1H3/t15-,17-/m1/s1. The Morgan fingerprint density at radius 2 is 1.78 bits per heavy atom. The van der Waals surface area contributed by atoms with Gasteiger partial charge >= 0.3 is 0 Å². The van der Waals surface area contributed by atoms with E-state index >= 15 is 0 Å². The van der Waals surface area contributed by atoms with Crippen molar-refractivity contribution in [3.05, 3.63) is 29.8 Å². The summed E-state index contributed by atoms with van der Waals surface area (Å²) in [5, 5.41) is 0. The molecule has 1 heterocycles. The lowest BCUT2D eigenvalue weighted by molar-refractivity contribution is -0.138. The number of piperazine rings is 1. The predicted molar refractivity (Wildman–Crippen MR) is 102 cm³/mol. The number of rotatable bonds is 4. The van der Waals surface area contributed by atoms with Crippen LogP contribution in [0.2, 0.25) is 0 Å². The molecule has 2 N–H and O–H groups in total. The molecule has 1 saturated carbocycles. The zero-order valence-electron chi connectivity index (χ0n) is 15.6. The number of nitrogens with zero attached hydrogens (tertiary/aromatic N) is 2. The summed E-state index contributed by atoms with van der Waals surface area (Å²) in [6.07, 6.45) is 4.09. The largest absolute Gasteiger partial charge is 0.339 e. The molecule has 0 bridgehead atoms. The molecule has 2 fully saturated rings. The fourth-order valence-corrected chi connectivity index (χ4v) is 4.72. The molecule has 1 aromatic rings.